The molecule has 48 nitrogen and oxygen atoms in total. The summed E-state index contributed by atoms with van der Waals surface area (Å²) < 4.78 is 0. The smallest absolute Gasteiger partial charge is 0.305 e. The number of carboxylic acid groups (broad SMARTS) is 4. The van der Waals surface area contributed by atoms with Crippen molar-refractivity contribution in [3.05, 3.63) is 114 Å². The van der Waals surface area contributed by atoms with E-state index in [2.05, 4.69) is 79.8 Å². The third kappa shape index (κ3) is 34.4. The Kier molecular flexibility index (Phi) is 40.7. The van der Waals surface area contributed by atoms with Gasteiger partial charge in [0.15, 0.2) is 5.72 Å². The average molecular weight is 1940 g/mol. The summed E-state index contributed by atoms with van der Waals surface area (Å²) in [7, 11) is 0. The molecule has 136 heavy (non-hydrogen) atoms. The van der Waals surface area contributed by atoms with E-state index in [1.807, 2.05) is 0 Å². The Morgan fingerprint density at radius 2 is 0.882 bits per heavy atom. The highest BCUT2D eigenvalue weighted by Crippen LogP contribution is 2.25. The van der Waals surface area contributed by atoms with Gasteiger partial charge in [-0.1, -0.05) is 106 Å². The normalized spacial score (nSPS) is 25.6. The predicted octanol–water partition coefficient (Wildman–Crippen LogP) is -7.72. The molecule has 7 rings (SSSR count). The van der Waals surface area contributed by atoms with E-state index in [4.69, 9.17) is 17.2 Å². The van der Waals surface area contributed by atoms with Crippen LogP contribution in [0.4, 0.5) is 0 Å². The summed E-state index contributed by atoms with van der Waals surface area (Å²) in [5, 5.41) is 101. The minimum Gasteiger partial charge on any atom is -0.508 e. The van der Waals surface area contributed by atoms with Crippen LogP contribution >= 0.6 is 23.5 Å². The Bertz CT molecular complexity index is 5120. The van der Waals surface area contributed by atoms with Gasteiger partial charge in [-0.25, -0.2) is 0 Å². The second kappa shape index (κ2) is 50.8. The Labute approximate surface area is 786 Å². The van der Waals surface area contributed by atoms with Crippen molar-refractivity contribution in [3.63, 3.8) is 0 Å². The van der Waals surface area contributed by atoms with Crippen LogP contribution in [0.25, 0.3) is 10.8 Å². The number of nitrogens with zero attached hydrogens (tertiary/aromatic N) is 2. The van der Waals surface area contributed by atoms with Crippen molar-refractivity contribution in [1.82, 2.24) is 89.6 Å². The Hall–Kier alpha value is -14.1. The maximum absolute atomic E-state index is 15.5. The fraction of sp³-hybridized carbons (Fsp3) is 0.488. The molecule has 4 aromatic carbocycles. The summed E-state index contributed by atoms with van der Waals surface area (Å²) in [6.45, 7) is 3.83. The molecular formula is C86H114N20O28S2. The number of phenols is 1. The predicted molar refractivity (Wildman–Crippen MR) is 483 cm³/mol. The fourth-order valence-corrected chi connectivity index (χ4v) is 16.1. The number of benzene rings is 4. The number of thioether (sulfide) groups is 2. The van der Waals surface area contributed by atoms with Crippen LogP contribution in [0, 0.1) is 5.41 Å². The molecule has 0 spiro atoms. The molecule has 0 aromatic heterocycles. The van der Waals surface area contributed by atoms with Gasteiger partial charge >= 0.3 is 23.9 Å². The number of hydrogen-bond acceptors (Lipinski definition) is 28. The van der Waals surface area contributed by atoms with Crippen molar-refractivity contribution in [2.75, 3.05) is 55.7 Å². The first-order valence-corrected chi connectivity index (χ1v) is 45.2. The topological polar surface area (TPSA) is 762 Å². The van der Waals surface area contributed by atoms with E-state index in [1.54, 1.807) is 48.5 Å². The first-order chi connectivity index (χ1) is 64.0. The van der Waals surface area contributed by atoms with Crippen LogP contribution in [0.3, 0.4) is 0 Å². The number of hydrogen-bond donors (Lipinski definition) is 24. The average Bonchev–Trinajstić information content (AvgIpc) is 1.43. The number of nitrogens with one attached hydrogen (secondary N) is 15. The summed E-state index contributed by atoms with van der Waals surface area (Å²) in [6.07, 6.45) is -8.72. The second-order valence-corrected chi connectivity index (χ2v) is 35.9. The van der Waals surface area contributed by atoms with Gasteiger partial charge in [-0.05, 0) is 78.6 Å². The Morgan fingerprint density at radius 1 is 0.463 bits per heavy atom. The number of aliphatic hydroxyl groups is 1. The molecule has 3 heterocycles. The molecule has 0 aliphatic carbocycles. The van der Waals surface area contributed by atoms with Crippen LogP contribution in [0.5, 0.6) is 5.75 Å². The quantitative estimate of drug-likeness (QED) is 0.0368. The molecule has 16 atom stereocenters. The molecule has 4 aromatic rings. The standard InChI is InChI=1S/C86H114N20O28S2/c1-42(87)71(120)103-61-37-136-39-64(110)106-28-27-105-40-86(134,41-106)90-35-59(101-73(122)44(3)91-76(125)55(31-48-17-12-16-47-15-10-11-18-50(47)48)98-74(123)51(23-25-65(111)112)93-79(128)56(32-62(88)108)95-72(121)43(2)92-83(61)132)82(131)94-52(24-26-66(113)114)75(124)99-57(33-67(115)116)80(129)97-53(29-45-13-8-7-9-14-45)77(126)96-54(30-46-19-21-49(107)22-20-46)78(127)100-58(34-68(117)118)81(130)104-69(85(4,5)6)84(133)102-60(70(89)119)36-135-38-63(105)109/h7-22,42-44,51-61,69,90,107,134H,23-41,87H2,1-6H3,(H2,88,108)(H2,89,119)(H,91,125)(H,92,132)(H,93,128)(H,94,131)(H,95,121)(H,96,126)(H,97,129)(H,98,123)(H,99,124)(H,100,127)(H,101,122)(H,102,133)(H,103,120)(H,104,130)(H,111,112)(H,113,114)(H,115,116)(H,117,118)/t42-,43+,44+,51-,52-,53-,54-,55-,56-,57-,58-,59-,60-,61-,69+,86?/m0/s1. The number of carboxylic acids is 4. The molecule has 1 unspecified atom stereocenters. The highest BCUT2D eigenvalue weighted by Gasteiger charge is 2.44. The summed E-state index contributed by atoms with van der Waals surface area (Å²) in [4.78, 5) is 314. The van der Waals surface area contributed by atoms with Gasteiger partial charge in [0.1, 0.15) is 90.3 Å². The minimum absolute atomic E-state index is 0.196. The van der Waals surface area contributed by atoms with Crippen molar-refractivity contribution >= 4 is 165 Å². The molecular weight excluding hydrogens is 1830 g/mol. The molecule has 3 fully saturated rings. The summed E-state index contributed by atoms with van der Waals surface area (Å²) in [5.74, 6) is -31.6. The SMILES string of the molecule is C[C@H](N)C(=O)N[C@H]1CSCC(=O)N2CCN3CC(O)(C2)NC[C@H](NC(=O)[C@@H](C)NC(=O)[C@H](Cc2cccc4ccccc24)NC(=O)[C@H](CCC(=O)O)NC(=O)[C@H](CC(N)=O)NC(=O)[C@@H](C)NC1=O)C(=O)N[C@@H](CCC(=O)O)C(=O)N[C@@H](CC(=O)O)C(=O)N[C@@H](Cc1ccccc1)C(=O)N[C@@H](Cc1ccc(O)cc1)C(=O)N[C@@H](CC(=O)O)C(=O)N[C@@H](C(C)(C)C)C(=O)N[C@H](C(N)=O)CSCC3=O. The van der Waals surface area contributed by atoms with Gasteiger partial charge in [-0.3, -0.25) is 111 Å². The molecule has 18 amide bonds. The highest BCUT2D eigenvalue weighted by atomic mass is 32.2. The van der Waals surface area contributed by atoms with E-state index in [-0.39, 0.29) is 16.9 Å². The van der Waals surface area contributed by atoms with Crippen molar-refractivity contribution in [1.29, 1.82) is 0 Å². The zero-order valence-electron chi connectivity index (χ0n) is 74.9. The van der Waals surface area contributed by atoms with Gasteiger partial charge in [0.25, 0.3) is 0 Å². The third-order valence-electron chi connectivity index (χ3n) is 21.6. The minimum atomic E-state index is -2.74. The molecule has 3 aliphatic heterocycles. The first-order valence-electron chi connectivity index (χ1n) is 42.9. The van der Waals surface area contributed by atoms with Gasteiger partial charge in [-0.2, -0.15) is 0 Å². The fourth-order valence-electron chi connectivity index (χ4n) is 14.2. The lowest BCUT2D eigenvalue weighted by atomic mass is 9.85. The molecule has 0 saturated carbocycles. The van der Waals surface area contributed by atoms with Crippen LogP contribution in [0.1, 0.15) is 103 Å². The lowest BCUT2D eigenvalue weighted by Gasteiger charge is -2.35. The van der Waals surface area contributed by atoms with Crippen LogP contribution in [0.15, 0.2) is 97.1 Å². The molecule has 4 bridgehead atoms. The van der Waals surface area contributed by atoms with E-state index in [0.717, 1.165) is 23.6 Å². The number of nitrogens with two attached hydrogens (primary N) is 3. The highest BCUT2D eigenvalue weighted by molar-refractivity contribution is 8.00. The number of phenolic OH excluding ortho intramolecular Hbond substituents is 1. The lowest BCUT2D eigenvalue weighted by molar-refractivity contribution is -0.142. The summed E-state index contributed by atoms with van der Waals surface area (Å²) in [5.41, 5.74) is 14.0. The number of fused-ring (bicyclic) bond motifs is 5. The molecule has 0 radical (unpaired) electrons. The largest absolute Gasteiger partial charge is 0.508 e. The van der Waals surface area contributed by atoms with Gasteiger partial charge in [0.05, 0.1) is 49.9 Å². The molecule has 3 aliphatic rings. The van der Waals surface area contributed by atoms with Gasteiger partial charge in [-0.15, -0.1) is 23.5 Å². The number of amides is 18. The van der Waals surface area contributed by atoms with Gasteiger partial charge in [0.2, 0.25) is 106 Å². The third-order valence-corrected chi connectivity index (χ3v) is 23.7. The number of carbonyl (C=O) groups is 22. The van der Waals surface area contributed by atoms with Gasteiger partial charge in [0, 0.05) is 63.2 Å². The Morgan fingerprint density at radius 3 is 1.38 bits per heavy atom. The van der Waals surface area contributed by atoms with E-state index in [9.17, 15) is 112 Å². The number of carbonyl (C=O) groups excluding carboxylic acids is 18. The van der Waals surface area contributed by atoms with Crippen molar-refractivity contribution in [3.8, 4) is 5.75 Å². The first kappa shape index (κ1) is 109. The number of primary amides is 2. The summed E-state index contributed by atoms with van der Waals surface area (Å²) in [6, 6.07) is -4.49. The van der Waals surface area contributed by atoms with Crippen LogP contribution in [-0.2, 0) is 125 Å². The zero-order chi connectivity index (χ0) is 101. The molecule has 3 saturated heterocycles. The monoisotopic (exact) mass is 1940 g/mol. The van der Waals surface area contributed by atoms with Crippen molar-refractivity contribution in [2.24, 2.45) is 22.6 Å². The molecule has 50 heteroatoms. The van der Waals surface area contributed by atoms with E-state index in [1.165, 1.54) is 76.2 Å². The Balaban J connectivity index is 1.41. The van der Waals surface area contributed by atoms with E-state index >= 15 is 24.0 Å². The molecule has 27 N–H and O–H groups in total. The van der Waals surface area contributed by atoms with E-state index in [0.29, 0.717) is 39.9 Å². The zero-order valence-corrected chi connectivity index (χ0v) is 76.6. The maximum Gasteiger partial charge on any atom is 0.305 e. The van der Waals surface area contributed by atoms with Crippen molar-refractivity contribution < 1.29 is 136 Å². The van der Waals surface area contributed by atoms with Crippen molar-refractivity contribution in [2.45, 2.75) is 202 Å². The summed E-state index contributed by atoms with van der Waals surface area (Å²) >= 11 is 1.32. The number of rotatable bonds is 21. The molecule has 738 valence electrons. The number of aliphatic carboxylic acids is 4. The van der Waals surface area contributed by atoms with E-state index < -0.39 is 352 Å². The number of aromatic hydroxyl groups is 1. The van der Waals surface area contributed by atoms with Gasteiger partial charge < -0.3 is 132 Å². The van der Waals surface area contributed by atoms with Crippen LogP contribution in [0.2, 0.25) is 0 Å². The maximum atomic E-state index is 15.5. The lowest BCUT2D eigenvalue weighted by Crippen LogP contribution is -2.65. The van der Waals surface area contributed by atoms with Crippen LogP contribution in [-0.4, -0.2) is 323 Å². The van der Waals surface area contributed by atoms with Crippen LogP contribution < -0.4 is 97.0 Å². The second-order valence-electron chi connectivity index (χ2n) is 33.8.